The smallest absolute Gasteiger partial charge is 0.413 e. The Morgan fingerprint density at radius 2 is 1.71 bits per heavy atom. The van der Waals surface area contributed by atoms with Gasteiger partial charge in [0.1, 0.15) is 17.7 Å². The maximum absolute atomic E-state index is 12.7. The monoisotopic (exact) mass is 526 g/mol. The average Bonchev–Trinajstić information content (AvgIpc) is 3.65. The third-order valence-electron chi connectivity index (χ3n) is 6.78. The van der Waals surface area contributed by atoms with Crippen LogP contribution in [-0.4, -0.2) is 26.9 Å². The largest absolute Gasteiger partial charge is 0.481 e. The molecule has 0 aliphatic heterocycles. The van der Waals surface area contributed by atoms with Crippen LogP contribution in [0.4, 0.5) is 10.6 Å². The highest BCUT2D eigenvalue weighted by Crippen LogP contribution is 2.48. The molecule has 1 aromatic heterocycles. The summed E-state index contributed by atoms with van der Waals surface area (Å²) in [5.41, 5.74) is 3.42. The first kappa shape index (κ1) is 25.1. The van der Waals surface area contributed by atoms with Crippen LogP contribution in [0, 0.1) is 11.3 Å². The molecular weight excluding hydrogens is 504 g/mol. The number of carbonyl (C=O) groups excluding carboxylic acids is 1. The molecule has 0 saturated heterocycles. The van der Waals surface area contributed by atoms with E-state index in [0.717, 1.165) is 16.7 Å². The van der Waals surface area contributed by atoms with Gasteiger partial charge < -0.3 is 9.84 Å². The van der Waals surface area contributed by atoms with Crippen molar-refractivity contribution >= 4 is 29.5 Å². The lowest BCUT2D eigenvalue weighted by Crippen LogP contribution is -2.19. The average molecular weight is 527 g/mol. The number of hydrogen-bond acceptors (Lipinski definition) is 5. The van der Waals surface area contributed by atoms with Gasteiger partial charge >= 0.3 is 12.1 Å². The van der Waals surface area contributed by atoms with Crippen LogP contribution in [0.5, 0.6) is 0 Å². The minimum Gasteiger partial charge on any atom is -0.481 e. The Bertz CT molecular complexity index is 1550. The van der Waals surface area contributed by atoms with Crippen LogP contribution < -0.4 is 5.32 Å². The fourth-order valence-electron chi connectivity index (χ4n) is 4.43. The highest BCUT2D eigenvalue weighted by molar-refractivity contribution is 6.31. The molecule has 38 heavy (non-hydrogen) atoms. The summed E-state index contributed by atoms with van der Waals surface area (Å²) in [6.45, 7) is 1.71. The van der Waals surface area contributed by atoms with E-state index in [1.807, 2.05) is 54.6 Å². The number of carbonyl (C=O) groups is 2. The van der Waals surface area contributed by atoms with Crippen molar-refractivity contribution in [2.24, 2.45) is 0 Å². The molecule has 190 valence electrons. The van der Waals surface area contributed by atoms with Crippen LogP contribution in [0.1, 0.15) is 42.6 Å². The summed E-state index contributed by atoms with van der Waals surface area (Å²) in [6, 6.07) is 24.1. The number of amides is 1. The van der Waals surface area contributed by atoms with Gasteiger partial charge in [0.25, 0.3) is 0 Å². The Kier molecular flexibility index (Phi) is 6.62. The van der Waals surface area contributed by atoms with Crippen molar-refractivity contribution in [3.8, 4) is 22.9 Å². The molecule has 1 saturated carbocycles. The lowest BCUT2D eigenvalue weighted by molar-refractivity contribution is -0.140. The van der Waals surface area contributed by atoms with Crippen LogP contribution in [0.25, 0.3) is 16.8 Å². The lowest BCUT2D eigenvalue weighted by atomic mass is 9.94. The minimum atomic E-state index is -0.780. The van der Waals surface area contributed by atoms with Crippen LogP contribution in [0.2, 0.25) is 5.02 Å². The van der Waals surface area contributed by atoms with E-state index in [1.165, 1.54) is 10.9 Å². The molecule has 5 rings (SSSR count). The second kappa shape index (κ2) is 10.0. The van der Waals surface area contributed by atoms with Crippen molar-refractivity contribution in [1.82, 2.24) is 9.78 Å². The molecule has 1 amide bonds. The predicted molar refractivity (Wildman–Crippen MR) is 142 cm³/mol. The van der Waals surface area contributed by atoms with E-state index < -0.39 is 23.6 Å². The number of nitriles is 1. The van der Waals surface area contributed by atoms with Crippen molar-refractivity contribution in [2.75, 3.05) is 5.32 Å². The van der Waals surface area contributed by atoms with E-state index in [0.29, 0.717) is 29.1 Å². The van der Waals surface area contributed by atoms with Gasteiger partial charge in [-0.2, -0.15) is 10.4 Å². The van der Waals surface area contributed by atoms with Crippen molar-refractivity contribution in [3.05, 3.63) is 101 Å². The zero-order chi connectivity index (χ0) is 26.9. The zero-order valence-corrected chi connectivity index (χ0v) is 21.1. The SMILES string of the molecule is C[C@@H](OC(=O)Nc1c(C#N)cnn1-c1ccc(-c2ccc(C3(C(=O)O)CC3)cc2)cc1)c1ccccc1Cl. The van der Waals surface area contributed by atoms with E-state index in [2.05, 4.69) is 10.4 Å². The van der Waals surface area contributed by atoms with Gasteiger partial charge in [-0.15, -0.1) is 0 Å². The fourth-order valence-corrected chi connectivity index (χ4v) is 4.72. The van der Waals surface area contributed by atoms with Gasteiger partial charge in [-0.3, -0.25) is 10.1 Å². The van der Waals surface area contributed by atoms with E-state index in [1.54, 1.807) is 31.2 Å². The maximum atomic E-state index is 12.7. The summed E-state index contributed by atoms with van der Waals surface area (Å²) >= 11 is 6.21. The molecule has 3 aromatic carbocycles. The number of aromatic nitrogens is 2. The molecule has 8 nitrogen and oxygen atoms in total. The lowest BCUT2D eigenvalue weighted by Gasteiger charge is -2.16. The van der Waals surface area contributed by atoms with Gasteiger partial charge in [-0.05, 0) is 54.7 Å². The van der Waals surface area contributed by atoms with Crippen LogP contribution in [-0.2, 0) is 14.9 Å². The zero-order valence-electron chi connectivity index (χ0n) is 20.4. The summed E-state index contributed by atoms with van der Waals surface area (Å²) in [5, 5.41) is 26.5. The maximum Gasteiger partial charge on any atom is 0.413 e. The third-order valence-corrected chi connectivity index (χ3v) is 7.12. The summed E-state index contributed by atoms with van der Waals surface area (Å²) < 4.78 is 6.94. The van der Waals surface area contributed by atoms with Gasteiger partial charge in [0.05, 0.1) is 17.3 Å². The van der Waals surface area contributed by atoms with E-state index >= 15 is 0 Å². The number of rotatable bonds is 7. The second-order valence-corrected chi connectivity index (χ2v) is 9.54. The third kappa shape index (κ3) is 4.72. The van der Waals surface area contributed by atoms with Gasteiger partial charge in [0.2, 0.25) is 0 Å². The number of anilines is 1. The molecule has 1 aliphatic rings. The molecule has 4 aromatic rings. The Labute approximate surface area is 224 Å². The summed E-state index contributed by atoms with van der Waals surface area (Å²) in [7, 11) is 0. The standard InChI is InChI=1S/C29H23ClN4O4/c1-18(24-4-2-3-5-25(24)30)38-28(37)33-26-21(16-31)17-32-34(26)23-12-8-20(9-13-23)19-6-10-22(11-7-19)29(14-15-29)27(35)36/h2-13,17-18H,14-15H2,1H3,(H,33,37)(H,35,36)/t18-/m1/s1. The number of aliphatic carboxylic acids is 1. The summed E-state index contributed by atoms with van der Waals surface area (Å²) in [6.07, 6.45) is 1.33. The number of hydrogen-bond donors (Lipinski definition) is 2. The number of carboxylic acid groups (broad SMARTS) is 1. The first-order chi connectivity index (χ1) is 18.3. The Morgan fingerprint density at radius 3 is 2.29 bits per heavy atom. The molecule has 1 atom stereocenters. The molecule has 1 aliphatic carbocycles. The number of nitrogens with one attached hydrogen (secondary N) is 1. The van der Waals surface area contributed by atoms with Gasteiger partial charge in [0.15, 0.2) is 5.82 Å². The number of halogens is 1. The van der Waals surface area contributed by atoms with E-state index in [-0.39, 0.29) is 11.4 Å². The molecule has 0 bridgehead atoms. The quantitative estimate of drug-likeness (QED) is 0.284. The van der Waals surface area contributed by atoms with Crippen LogP contribution >= 0.6 is 11.6 Å². The number of carboxylic acids is 1. The van der Waals surface area contributed by atoms with Crippen molar-refractivity contribution in [3.63, 3.8) is 0 Å². The summed E-state index contributed by atoms with van der Waals surface area (Å²) in [4.78, 5) is 24.3. The highest BCUT2D eigenvalue weighted by atomic mass is 35.5. The molecule has 9 heteroatoms. The second-order valence-electron chi connectivity index (χ2n) is 9.14. The van der Waals surface area contributed by atoms with Crippen LogP contribution in [0.15, 0.2) is 79.0 Å². The highest BCUT2D eigenvalue weighted by Gasteiger charge is 2.51. The van der Waals surface area contributed by atoms with E-state index in [4.69, 9.17) is 16.3 Å². The van der Waals surface area contributed by atoms with Crippen molar-refractivity contribution < 1.29 is 19.4 Å². The molecule has 2 N–H and O–H groups in total. The summed E-state index contributed by atoms with van der Waals surface area (Å²) in [5.74, 6) is -0.596. The van der Waals surface area contributed by atoms with E-state index in [9.17, 15) is 20.0 Å². The van der Waals surface area contributed by atoms with Crippen LogP contribution in [0.3, 0.4) is 0 Å². The van der Waals surface area contributed by atoms with Crippen molar-refractivity contribution in [1.29, 1.82) is 5.26 Å². The Balaban J connectivity index is 1.33. The molecule has 0 spiro atoms. The first-order valence-electron chi connectivity index (χ1n) is 12.0. The predicted octanol–water partition coefficient (Wildman–Crippen LogP) is 6.49. The van der Waals surface area contributed by atoms with Gasteiger partial charge in [-0.25, -0.2) is 9.48 Å². The van der Waals surface area contributed by atoms with Crippen molar-refractivity contribution in [2.45, 2.75) is 31.3 Å². The Hall–Kier alpha value is -4.61. The van der Waals surface area contributed by atoms with Gasteiger partial charge in [0, 0.05) is 10.6 Å². The first-order valence-corrected chi connectivity index (χ1v) is 12.3. The van der Waals surface area contributed by atoms with Gasteiger partial charge in [-0.1, -0.05) is 66.2 Å². The number of ether oxygens (including phenoxy) is 1. The number of nitrogens with zero attached hydrogens (tertiary/aromatic N) is 3. The molecular formula is C29H23ClN4O4. The molecule has 1 fully saturated rings. The molecule has 1 heterocycles. The normalized spacial score (nSPS) is 14.2. The molecule has 0 radical (unpaired) electrons. The topological polar surface area (TPSA) is 117 Å². The Morgan fingerprint density at radius 1 is 1.08 bits per heavy atom. The number of benzene rings is 3. The molecule has 0 unspecified atom stereocenters. The fraction of sp³-hybridized carbons (Fsp3) is 0.172. The minimum absolute atomic E-state index is 0.180.